The van der Waals surface area contributed by atoms with E-state index in [1.165, 1.54) is 0 Å². The highest BCUT2D eigenvalue weighted by Crippen LogP contribution is 2.21. The lowest BCUT2D eigenvalue weighted by atomic mass is 10.1. The summed E-state index contributed by atoms with van der Waals surface area (Å²) in [4.78, 5) is 11.5. The Balaban J connectivity index is 2.28. The third-order valence-electron chi connectivity index (χ3n) is 2.87. The van der Waals surface area contributed by atoms with E-state index in [9.17, 15) is 4.79 Å². The highest BCUT2D eigenvalue weighted by atomic mass is 16.5. The van der Waals surface area contributed by atoms with Gasteiger partial charge < -0.3 is 15.8 Å². The molecule has 3 N–H and O–H groups in total. The number of carbonyl (C=O) groups excluding carboxylic acids is 1. The number of amides is 1. The topological polar surface area (TPSA) is 64.3 Å². The summed E-state index contributed by atoms with van der Waals surface area (Å²) >= 11 is 0. The van der Waals surface area contributed by atoms with E-state index >= 15 is 0 Å². The number of nitrogens with two attached hydrogens (primary N) is 1. The van der Waals surface area contributed by atoms with Gasteiger partial charge in [0.2, 0.25) is 5.91 Å². The van der Waals surface area contributed by atoms with Crippen LogP contribution in [0.4, 0.5) is 0 Å². The lowest BCUT2D eigenvalue weighted by Crippen LogP contribution is -2.39. The zero-order chi connectivity index (χ0) is 10.6. The molecular formula is C10H20N2O2. The van der Waals surface area contributed by atoms with Gasteiger partial charge in [0, 0.05) is 25.6 Å². The fourth-order valence-corrected chi connectivity index (χ4v) is 1.74. The second-order valence-electron chi connectivity index (χ2n) is 4.01. The molecule has 1 saturated carbocycles. The Labute approximate surface area is 85.2 Å². The van der Waals surface area contributed by atoms with Crippen LogP contribution in [0, 0.1) is 5.92 Å². The number of methoxy groups -OCH3 is 1. The molecule has 0 aromatic heterocycles. The summed E-state index contributed by atoms with van der Waals surface area (Å²) in [5, 5.41) is 2.99. The number of ether oxygens (including phenoxy) is 1. The minimum absolute atomic E-state index is 0.0641. The van der Waals surface area contributed by atoms with Crippen molar-refractivity contribution in [3.05, 3.63) is 0 Å². The molecule has 0 aromatic carbocycles. The van der Waals surface area contributed by atoms with Gasteiger partial charge in [-0.1, -0.05) is 6.92 Å². The van der Waals surface area contributed by atoms with Gasteiger partial charge >= 0.3 is 0 Å². The first-order valence-corrected chi connectivity index (χ1v) is 5.20. The average Bonchev–Trinajstić information content (AvgIpc) is 2.64. The summed E-state index contributed by atoms with van der Waals surface area (Å²) < 4.78 is 5.23. The molecule has 0 spiro atoms. The van der Waals surface area contributed by atoms with Gasteiger partial charge in [-0.05, 0) is 19.3 Å². The monoisotopic (exact) mass is 200 g/mol. The molecule has 82 valence electrons. The SMILES string of the molecule is COC1CCC(NC(=O)C(C)CN)C1. The predicted octanol–water partition coefficient (Wildman–Crippen LogP) is 0.265. The van der Waals surface area contributed by atoms with Crippen molar-refractivity contribution in [2.75, 3.05) is 13.7 Å². The molecule has 1 amide bonds. The Kier molecular flexibility index (Phi) is 4.35. The van der Waals surface area contributed by atoms with Crippen LogP contribution in [0.2, 0.25) is 0 Å². The molecule has 1 rings (SSSR count). The Bertz CT molecular complexity index is 197. The van der Waals surface area contributed by atoms with E-state index in [-0.39, 0.29) is 17.9 Å². The van der Waals surface area contributed by atoms with E-state index in [0.717, 1.165) is 19.3 Å². The Morgan fingerprint density at radius 3 is 2.86 bits per heavy atom. The first kappa shape index (κ1) is 11.5. The minimum Gasteiger partial charge on any atom is -0.381 e. The molecule has 0 aromatic rings. The zero-order valence-electron chi connectivity index (χ0n) is 8.95. The van der Waals surface area contributed by atoms with Gasteiger partial charge in [-0.15, -0.1) is 0 Å². The molecule has 14 heavy (non-hydrogen) atoms. The van der Waals surface area contributed by atoms with Gasteiger partial charge in [0.05, 0.1) is 6.10 Å². The van der Waals surface area contributed by atoms with Crippen LogP contribution in [0.25, 0.3) is 0 Å². The molecule has 0 heterocycles. The number of rotatable bonds is 4. The Hall–Kier alpha value is -0.610. The van der Waals surface area contributed by atoms with Crippen LogP contribution in [-0.2, 0) is 9.53 Å². The van der Waals surface area contributed by atoms with E-state index in [1.54, 1.807) is 7.11 Å². The summed E-state index contributed by atoms with van der Waals surface area (Å²) in [6, 6.07) is 0.279. The Morgan fingerprint density at radius 2 is 2.36 bits per heavy atom. The van der Waals surface area contributed by atoms with Crippen molar-refractivity contribution in [2.24, 2.45) is 11.7 Å². The van der Waals surface area contributed by atoms with E-state index in [4.69, 9.17) is 10.5 Å². The van der Waals surface area contributed by atoms with Crippen LogP contribution in [-0.4, -0.2) is 31.7 Å². The highest BCUT2D eigenvalue weighted by molar-refractivity contribution is 5.78. The van der Waals surface area contributed by atoms with Crippen LogP contribution in [0.3, 0.4) is 0 Å². The predicted molar refractivity (Wildman–Crippen MR) is 54.8 cm³/mol. The number of nitrogens with one attached hydrogen (secondary N) is 1. The molecular weight excluding hydrogens is 180 g/mol. The van der Waals surface area contributed by atoms with Crippen molar-refractivity contribution in [2.45, 2.75) is 38.3 Å². The summed E-state index contributed by atoms with van der Waals surface area (Å²) in [6.45, 7) is 2.25. The third-order valence-corrected chi connectivity index (χ3v) is 2.87. The van der Waals surface area contributed by atoms with E-state index in [1.807, 2.05) is 6.92 Å². The first-order chi connectivity index (χ1) is 6.67. The second kappa shape index (κ2) is 5.32. The summed E-state index contributed by atoms with van der Waals surface area (Å²) in [5.74, 6) is -0.0224. The summed E-state index contributed by atoms with van der Waals surface area (Å²) in [6.07, 6.45) is 3.30. The molecule has 3 atom stereocenters. The maximum atomic E-state index is 11.5. The molecule has 0 aliphatic heterocycles. The molecule has 1 fully saturated rings. The normalized spacial score (nSPS) is 28.8. The zero-order valence-corrected chi connectivity index (χ0v) is 8.95. The van der Waals surface area contributed by atoms with Gasteiger partial charge in [0.15, 0.2) is 0 Å². The fraction of sp³-hybridized carbons (Fsp3) is 0.900. The maximum absolute atomic E-state index is 11.5. The van der Waals surface area contributed by atoms with E-state index in [0.29, 0.717) is 12.6 Å². The van der Waals surface area contributed by atoms with Gasteiger partial charge in [-0.2, -0.15) is 0 Å². The standard InChI is InChI=1S/C10H20N2O2/c1-7(6-11)10(13)12-8-3-4-9(5-8)14-2/h7-9H,3-6,11H2,1-2H3,(H,12,13). The van der Waals surface area contributed by atoms with Crippen LogP contribution >= 0.6 is 0 Å². The summed E-state index contributed by atoms with van der Waals surface area (Å²) in [7, 11) is 1.72. The molecule has 1 aliphatic rings. The van der Waals surface area contributed by atoms with Crippen LogP contribution in [0.5, 0.6) is 0 Å². The van der Waals surface area contributed by atoms with Crippen molar-refractivity contribution >= 4 is 5.91 Å². The smallest absolute Gasteiger partial charge is 0.224 e. The van der Waals surface area contributed by atoms with Gasteiger partial charge in [-0.3, -0.25) is 4.79 Å². The quantitative estimate of drug-likeness (QED) is 0.684. The molecule has 1 aliphatic carbocycles. The molecule has 4 nitrogen and oxygen atoms in total. The fourth-order valence-electron chi connectivity index (χ4n) is 1.74. The molecule has 0 bridgehead atoms. The van der Waals surface area contributed by atoms with Crippen molar-refractivity contribution in [1.29, 1.82) is 0 Å². The van der Waals surface area contributed by atoms with Crippen molar-refractivity contribution < 1.29 is 9.53 Å². The second-order valence-corrected chi connectivity index (χ2v) is 4.01. The average molecular weight is 200 g/mol. The van der Waals surface area contributed by atoms with Crippen LogP contribution < -0.4 is 11.1 Å². The van der Waals surface area contributed by atoms with E-state index < -0.39 is 0 Å². The molecule has 0 radical (unpaired) electrons. The molecule has 0 saturated heterocycles. The number of hydrogen-bond acceptors (Lipinski definition) is 3. The van der Waals surface area contributed by atoms with Crippen molar-refractivity contribution in [3.8, 4) is 0 Å². The third kappa shape index (κ3) is 2.96. The van der Waals surface area contributed by atoms with Crippen molar-refractivity contribution in [1.82, 2.24) is 5.32 Å². The lowest BCUT2D eigenvalue weighted by molar-refractivity contribution is -0.124. The van der Waals surface area contributed by atoms with E-state index in [2.05, 4.69) is 5.32 Å². The van der Waals surface area contributed by atoms with Gasteiger partial charge in [-0.25, -0.2) is 0 Å². The minimum atomic E-state index is -0.0865. The van der Waals surface area contributed by atoms with Crippen molar-refractivity contribution in [3.63, 3.8) is 0 Å². The first-order valence-electron chi connectivity index (χ1n) is 5.20. The highest BCUT2D eigenvalue weighted by Gasteiger charge is 2.26. The van der Waals surface area contributed by atoms with Crippen LogP contribution in [0.1, 0.15) is 26.2 Å². The maximum Gasteiger partial charge on any atom is 0.224 e. The van der Waals surface area contributed by atoms with Gasteiger partial charge in [0.25, 0.3) is 0 Å². The van der Waals surface area contributed by atoms with Crippen LogP contribution in [0.15, 0.2) is 0 Å². The lowest BCUT2D eigenvalue weighted by Gasteiger charge is -2.15. The number of hydrogen-bond donors (Lipinski definition) is 2. The van der Waals surface area contributed by atoms with Gasteiger partial charge in [0.1, 0.15) is 0 Å². The molecule has 3 unspecified atom stereocenters. The molecule has 4 heteroatoms. The summed E-state index contributed by atoms with van der Waals surface area (Å²) in [5.41, 5.74) is 5.42. The largest absolute Gasteiger partial charge is 0.381 e. The Morgan fingerprint density at radius 1 is 1.64 bits per heavy atom. The number of carbonyl (C=O) groups is 1.